The Hall–Kier alpha value is -2.29. The van der Waals surface area contributed by atoms with Gasteiger partial charge in [-0.3, -0.25) is 4.79 Å². The smallest absolute Gasteiger partial charge is 0.367 e. The molecule has 3 rings (SSSR count). The van der Waals surface area contributed by atoms with Crippen LogP contribution in [0.3, 0.4) is 0 Å². The van der Waals surface area contributed by atoms with Crippen LogP contribution in [0.15, 0.2) is 23.1 Å². The molecule has 3 heterocycles. The quantitative estimate of drug-likeness (QED) is 0.865. The molecule has 1 aliphatic rings. The van der Waals surface area contributed by atoms with Crippen LogP contribution in [0, 0.1) is 6.92 Å². The van der Waals surface area contributed by atoms with Gasteiger partial charge >= 0.3 is 6.18 Å². The minimum Gasteiger partial charge on any atom is -0.367 e. The van der Waals surface area contributed by atoms with Crippen LogP contribution in [0.1, 0.15) is 17.7 Å². The molecule has 1 saturated heterocycles. The fourth-order valence-electron chi connectivity index (χ4n) is 2.81. The minimum atomic E-state index is -4.42. The summed E-state index contributed by atoms with van der Waals surface area (Å²) in [7, 11) is 0. The molecule has 0 saturated carbocycles. The van der Waals surface area contributed by atoms with Crippen LogP contribution < -0.4 is 15.8 Å². The first-order valence-electron chi connectivity index (χ1n) is 7.54. The first-order chi connectivity index (χ1) is 11.7. The normalized spacial score (nSPS) is 17.8. The Morgan fingerprint density at radius 1 is 1.40 bits per heavy atom. The molecule has 0 aromatic carbocycles. The van der Waals surface area contributed by atoms with Crippen LogP contribution in [0.5, 0.6) is 0 Å². The molecule has 134 valence electrons. The summed E-state index contributed by atoms with van der Waals surface area (Å²) in [6, 6.07) is 1.89. The number of hydrogen-bond donors (Lipinski definition) is 2. The summed E-state index contributed by atoms with van der Waals surface area (Å²) >= 11 is 5.99. The van der Waals surface area contributed by atoms with E-state index in [1.807, 2.05) is 4.90 Å². The zero-order valence-electron chi connectivity index (χ0n) is 13.2. The molecule has 1 atom stereocenters. The Morgan fingerprint density at radius 2 is 2.16 bits per heavy atom. The van der Waals surface area contributed by atoms with Crippen LogP contribution in [-0.4, -0.2) is 34.3 Å². The average Bonchev–Trinajstić information content (AvgIpc) is 2.97. The van der Waals surface area contributed by atoms with Gasteiger partial charge < -0.3 is 10.2 Å². The Balaban J connectivity index is 1.75. The molecule has 25 heavy (non-hydrogen) atoms. The van der Waals surface area contributed by atoms with Gasteiger partial charge in [0.05, 0.1) is 17.4 Å². The molecule has 0 spiro atoms. The highest BCUT2D eigenvalue weighted by Crippen LogP contribution is 2.31. The predicted molar refractivity (Wildman–Crippen MR) is 88.1 cm³/mol. The SMILES string of the molecule is Cc1cc(C(F)(F)F)cc(NC2CCN(c3cn[nH]c(=O)c3Cl)C2)n1. The standard InChI is InChI=1S/C15H15ClF3N5O/c1-8-4-9(15(17,18)19)5-12(21-8)22-10-2-3-24(7-10)11-6-20-23-14(25)13(11)16/h4-6,10H,2-3,7H2,1H3,(H,21,22)(H,23,25). The van der Waals surface area contributed by atoms with E-state index in [9.17, 15) is 18.0 Å². The number of nitrogens with zero attached hydrogens (tertiary/aromatic N) is 3. The highest BCUT2D eigenvalue weighted by atomic mass is 35.5. The second kappa shape index (κ2) is 6.55. The van der Waals surface area contributed by atoms with Crippen molar-refractivity contribution < 1.29 is 13.2 Å². The first-order valence-corrected chi connectivity index (χ1v) is 7.92. The second-order valence-corrected chi connectivity index (χ2v) is 6.23. The summed E-state index contributed by atoms with van der Waals surface area (Å²) in [6.45, 7) is 2.59. The number of H-pyrrole nitrogens is 1. The zero-order chi connectivity index (χ0) is 18.2. The van der Waals surface area contributed by atoms with Crippen LogP contribution >= 0.6 is 11.6 Å². The van der Waals surface area contributed by atoms with E-state index in [2.05, 4.69) is 20.5 Å². The third-order valence-electron chi connectivity index (χ3n) is 3.94. The summed E-state index contributed by atoms with van der Waals surface area (Å²) < 4.78 is 38.7. The Morgan fingerprint density at radius 3 is 2.88 bits per heavy atom. The lowest BCUT2D eigenvalue weighted by atomic mass is 10.2. The topological polar surface area (TPSA) is 73.9 Å². The molecule has 0 amide bonds. The first kappa shape index (κ1) is 17.5. The molecule has 0 aliphatic carbocycles. The van der Waals surface area contributed by atoms with Crippen LogP contribution in [0.2, 0.25) is 5.02 Å². The molecule has 0 bridgehead atoms. The number of aromatic nitrogens is 3. The Kier molecular flexibility index (Phi) is 4.59. The number of rotatable bonds is 3. The van der Waals surface area contributed by atoms with Crippen LogP contribution in [0.4, 0.5) is 24.7 Å². The molecule has 2 N–H and O–H groups in total. The van der Waals surface area contributed by atoms with Gasteiger partial charge in [0.2, 0.25) is 0 Å². The van der Waals surface area contributed by atoms with Gasteiger partial charge in [-0.1, -0.05) is 11.6 Å². The number of alkyl halides is 3. The van der Waals surface area contributed by atoms with Crippen LogP contribution in [0.25, 0.3) is 0 Å². The second-order valence-electron chi connectivity index (χ2n) is 5.85. The molecule has 2 aromatic heterocycles. The minimum absolute atomic E-state index is 0.0451. The van der Waals surface area contributed by atoms with Crippen molar-refractivity contribution >= 4 is 23.1 Å². The van der Waals surface area contributed by atoms with E-state index in [0.29, 0.717) is 25.2 Å². The number of anilines is 2. The molecule has 1 aliphatic heterocycles. The molecular weight excluding hydrogens is 359 g/mol. The van der Waals surface area contributed by atoms with E-state index >= 15 is 0 Å². The molecule has 2 aromatic rings. The maximum absolute atomic E-state index is 12.9. The van der Waals surface area contributed by atoms with Gasteiger partial charge in [0.25, 0.3) is 5.56 Å². The predicted octanol–water partition coefficient (Wildman–Crippen LogP) is 2.84. The molecule has 6 nitrogen and oxygen atoms in total. The summed E-state index contributed by atoms with van der Waals surface area (Å²) in [5.74, 6) is 0.175. The van der Waals surface area contributed by atoms with Gasteiger partial charge in [-0.15, -0.1) is 0 Å². The Bertz CT molecular complexity index is 839. The van der Waals surface area contributed by atoms with Crippen LogP contribution in [-0.2, 0) is 6.18 Å². The monoisotopic (exact) mass is 373 g/mol. The van der Waals surface area contributed by atoms with Gasteiger partial charge in [-0.2, -0.15) is 18.3 Å². The van der Waals surface area contributed by atoms with Crippen molar-refractivity contribution in [3.63, 3.8) is 0 Å². The van der Waals surface area contributed by atoms with Gasteiger partial charge in [0.1, 0.15) is 10.8 Å². The Labute approximate surface area is 146 Å². The summed E-state index contributed by atoms with van der Waals surface area (Å²) in [4.78, 5) is 17.5. The zero-order valence-corrected chi connectivity index (χ0v) is 13.9. The third kappa shape index (κ3) is 3.87. The summed E-state index contributed by atoms with van der Waals surface area (Å²) in [6.07, 6.45) is -2.30. The number of aryl methyl sites for hydroxylation is 1. The van der Waals surface area contributed by atoms with E-state index < -0.39 is 17.3 Å². The van der Waals surface area contributed by atoms with Gasteiger partial charge in [-0.05, 0) is 25.5 Å². The maximum Gasteiger partial charge on any atom is 0.416 e. The number of nitrogens with one attached hydrogen (secondary N) is 2. The van der Waals surface area contributed by atoms with Crippen molar-refractivity contribution in [1.82, 2.24) is 15.2 Å². The third-order valence-corrected chi connectivity index (χ3v) is 4.30. The lowest BCUT2D eigenvalue weighted by Gasteiger charge is -2.20. The van der Waals surface area contributed by atoms with Crippen molar-refractivity contribution in [2.75, 3.05) is 23.3 Å². The largest absolute Gasteiger partial charge is 0.416 e. The van der Waals surface area contributed by atoms with Gasteiger partial charge in [0, 0.05) is 24.8 Å². The van der Waals surface area contributed by atoms with E-state index in [4.69, 9.17) is 11.6 Å². The van der Waals surface area contributed by atoms with Crippen molar-refractivity contribution in [2.24, 2.45) is 0 Å². The van der Waals surface area contributed by atoms with Crippen molar-refractivity contribution in [2.45, 2.75) is 25.6 Å². The van der Waals surface area contributed by atoms with Gasteiger partial charge in [0.15, 0.2) is 0 Å². The lowest BCUT2D eigenvalue weighted by Crippen LogP contribution is -2.28. The molecule has 1 unspecified atom stereocenters. The maximum atomic E-state index is 12.9. The van der Waals surface area contributed by atoms with Crippen molar-refractivity contribution in [1.29, 1.82) is 0 Å². The summed E-state index contributed by atoms with van der Waals surface area (Å²) in [5.41, 5.74) is -0.429. The molecule has 0 radical (unpaired) electrons. The molecule has 10 heteroatoms. The molecule has 1 fully saturated rings. The lowest BCUT2D eigenvalue weighted by molar-refractivity contribution is -0.137. The number of pyridine rings is 1. The number of halogens is 4. The van der Waals surface area contributed by atoms with Gasteiger partial charge in [-0.25, -0.2) is 10.1 Å². The number of hydrogen-bond acceptors (Lipinski definition) is 5. The fourth-order valence-corrected chi connectivity index (χ4v) is 3.02. The molecular formula is C15H15ClF3N5O. The van der Waals surface area contributed by atoms with E-state index in [-0.39, 0.29) is 22.6 Å². The summed E-state index contributed by atoms with van der Waals surface area (Å²) in [5, 5.41) is 9.04. The van der Waals surface area contributed by atoms with Crippen molar-refractivity contribution in [3.8, 4) is 0 Å². The highest BCUT2D eigenvalue weighted by molar-refractivity contribution is 6.33. The fraction of sp³-hybridized carbons (Fsp3) is 0.400. The average molecular weight is 374 g/mol. The van der Waals surface area contributed by atoms with E-state index in [0.717, 1.165) is 12.1 Å². The number of aromatic amines is 1. The van der Waals surface area contributed by atoms with E-state index in [1.54, 1.807) is 0 Å². The van der Waals surface area contributed by atoms with E-state index in [1.165, 1.54) is 13.1 Å². The highest BCUT2D eigenvalue weighted by Gasteiger charge is 2.32. The van der Waals surface area contributed by atoms with Crippen molar-refractivity contribution in [3.05, 3.63) is 45.0 Å².